The molecule has 1 saturated heterocycles. The largest absolute Gasteiger partial charge is 0.441 e. The van der Waals surface area contributed by atoms with Gasteiger partial charge in [0.2, 0.25) is 0 Å². The number of aliphatic hydroxyl groups is 2. The van der Waals surface area contributed by atoms with Gasteiger partial charge < -0.3 is 19.9 Å². The monoisotopic (exact) mass is 434 g/mol. The number of nitrogens with one attached hydrogen (secondary N) is 1. The summed E-state index contributed by atoms with van der Waals surface area (Å²) in [5.74, 6) is 0. The maximum absolute atomic E-state index is 13.4. The number of nitrogens with zero attached hydrogens (tertiary/aromatic N) is 1. The van der Waals surface area contributed by atoms with Crippen LogP contribution in [0.4, 0.5) is 23.7 Å². The molecular formula is C21H17F3N2O5. The maximum atomic E-state index is 13.4. The number of amides is 1. The zero-order chi connectivity index (χ0) is 22.3. The number of carbonyl (C=O) groups is 1. The molecule has 1 aliphatic heterocycles. The van der Waals surface area contributed by atoms with Crippen molar-refractivity contribution in [3.63, 3.8) is 0 Å². The summed E-state index contributed by atoms with van der Waals surface area (Å²) in [6.45, 7) is -0.605. The van der Waals surface area contributed by atoms with Crippen molar-refractivity contribution in [2.45, 2.75) is 18.4 Å². The highest BCUT2D eigenvalue weighted by Gasteiger charge is 2.37. The first-order chi connectivity index (χ1) is 14.7. The van der Waals surface area contributed by atoms with Gasteiger partial charge in [-0.3, -0.25) is 9.69 Å². The fourth-order valence-corrected chi connectivity index (χ4v) is 3.54. The molecule has 3 aromatic rings. The van der Waals surface area contributed by atoms with E-state index in [0.717, 1.165) is 6.07 Å². The number of ether oxygens (including phenoxy) is 1. The molecule has 1 aromatic heterocycles. The van der Waals surface area contributed by atoms with Gasteiger partial charge in [-0.2, -0.15) is 13.2 Å². The average molecular weight is 434 g/mol. The molecule has 3 N–H and O–H groups in total. The Morgan fingerprint density at radius 1 is 1.16 bits per heavy atom. The Morgan fingerprint density at radius 2 is 1.90 bits per heavy atom. The van der Waals surface area contributed by atoms with Gasteiger partial charge >= 0.3 is 12.3 Å². The second-order valence-corrected chi connectivity index (χ2v) is 7.11. The molecule has 2 atom stereocenters. The van der Waals surface area contributed by atoms with E-state index in [-0.39, 0.29) is 23.2 Å². The number of carbonyl (C=O) groups excluding carboxylic acids is 1. The number of fused-ring (bicyclic) bond motifs is 1. The van der Waals surface area contributed by atoms with Crippen LogP contribution in [0.2, 0.25) is 0 Å². The number of aromatic nitrogens is 1. The van der Waals surface area contributed by atoms with E-state index in [1.165, 1.54) is 47.4 Å². The number of cyclic esters (lactones) is 1. The summed E-state index contributed by atoms with van der Waals surface area (Å²) in [5.41, 5.74) is -1.30. The molecule has 10 heteroatoms. The molecule has 0 aliphatic carbocycles. The molecule has 1 amide bonds. The molecule has 0 radical (unpaired) electrons. The molecule has 0 bridgehead atoms. The van der Waals surface area contributed by atoms with Crippen molar-refractivity contribution in [1.82, 2.24) is 4.98 Å². The number of halogens is 3. The minimum Gasteiger partial charge on any atom is -0.441 e. The lowest BCUT2D eigenvalue weighted by atomic mass is 10.0. The third-order valence-corrected chi connectivity index (χ3v) is 5.12. The Kier molecular flexibility index (Phi) is 5.19. The smallest absolute Gasteiger partial charge is 0.417 e. The Balaban J connectivity index is 1.74. The number of anilines is 1. The zero-order valence-corrected chi connectivity index (χ0v) is 15.9. The van der Waals surface area contributed by atoms with Crippen LogP contribution in [0.15, 0.2) is 53.3 Å². The molecule has 31 heavy (non-hydrogen) atoms. The second-order valence-electron chi connectivity index (χ2n) is 7.11. The second kappa shape index (κ2) is 7.71. The summed E-state index contributed by atoms with van der Waals surface area (Å²) >= 11 is 0. The van der Waals surface area contributed by atoms with Crippen LogP contribution in [0.1, 0.15) is 5.56 Å². The SMILES string of the molecule is O=C1O[C@H]([C@H](O)CO)CN1c1ccc2cc(-c3ccccc3C(F)(F)F)[nH]c(=O)c2c1. The average Bonchev–Trinajstić information content (AvgIpc) is 3.14. The van der Waals surface area contributed by atoms with Crippen LogP contribution < -0.4 is 10.5 Å². The van der Waals surface area contributed by atoms with Gasteiger partial charge in [0.15, 0.2) is 0 Å². The van der Waals surface area contributed by atoms with Crippen LogP contribution in [0.25, 0.3) is 22.0 Å². The number of benzene rings is 2. The Hall–Kier alpha value is -3.37. The first-order valence-electron chi connectivity index (χ1n) is 9.30. The van der Waals surface area contributed by atoms with Gasteiger partial charge in [-0.25, -0.2) is 4.79 Å². The highest BCUT2D eigenvalue weighted by Crippen LogP contribution is 2.36. The first kappa shape index (κ1) is 20.9. The molecule has 0 unspecified atom stereocenters. The lowest BCUT2D eigenvalue weighted by molar-refractivity contribution is -0.137. The lowest BCUT2D eigenvalue weighted by Gasteiger charge is -2.16. The fourth-order valence-electron chi connectivity index (χ4n) is 3.54. The molecule has 1 aliphatic rings. The van der Waals surface area contributed by atoms with Gasteiger partial charge in [0, 0.05) is 22.3 Å². The van der Waals surface area contributed by atoms with Crippen LogP contribution in [0, 0.1) is 0 Å². The molecule has 2 heterocycles. The fraction of sp³-hybridized carbons (Fsp3) is 0.238. The van der Waals surface area contributed by atoms with Crippen molar-refractivity contribution in [3.05, 3.63) is 64.4 Å². The van der Waals surface area contributed by atoms with Crippen molar-refractivity contribution >= 4 is 22.6 Å². The molecule has 7 nitrogen and oxygen atoms in total. The summed E-state index contributed by atoms with van der Waals surface area (Å²) in [7, 11) is 0. The van der Waals surface area contributed by atoms with E-state index in [4.69, 9.17) is 9.84 Å². The highest BCUT2D eigenvalue weighted by molar-refractivity contribution is 5.94. The van der Waals surface area contributed by atoms with Gasteiger partial charge in [-0.15, -0.1) is 0 Å². The number of aliphatic hydroxyl groups excluding tert-OH is 2. The van der Waals surface area contributed by atoms with Gasteiger partial charge in [0.05, 0.1) is 18.7 Å². The highest BCUT2D eigenvalue weighted by atomic mass is 19.4. The number of pyridine rings is 1. The van der Waals surface area contributed by atoms with Crippen molar-refractivity contribution in [2.24, 2.45) is 0 Å². The predicted molar refractivity (Wildman–Crippen MR) is 106 cm³/mol. The molecule has 0 saturated carbocycles. The van der Waals surface area contributed by atoms with Crippen molar-refractivity contribution in [1.29, 1.82) is 0 Å². The van der Waals surface area contributed by atoms with Gasteiger partial charge in [0.25, 0.3) is 5.56 Å². The number of hydrogen-bond acceptors (Lipinski definition) is 5. The molecular weight excluding hydrogens is 417 g/mol. The van der Waals surface area contributed by atoms with E-state index in [1.807, 2.05) is 0 Å². The van der Waals surface area contributed by atoms with Gasteiger partial charge in [-0.05, 0) is 29.7 Å². The van der Waals surface area contributed by atoms with E-state index in [1.54, 1.807) is 0 Å². The zero-order valence-electron chi connectivity index (χ0n) is 15.9. The predicted octanol–water partition coefficient (Wildman–Crippen LogP) is 2.89. The van der Waals surface area contributed by atoms with Crippen LogP contribution >= 0.6 is 0 Å². The number of H-pyrrole nitrogens is 1. The van der Waals surface area contributed by atoms with E-state index in [0.29, 0.717) is 11.1 Å². The normalized spacial score (nSPS) is 17.8. The third-order valence-electron chi connectivity index (χ3n) is 5.12. The van der Waals surface area contributed by atoms with E-state index >= 15 is 0 Å². The summed E-state index contributed by atoms with van der Waals surface area (Å²) in [4.78, 5) is 28.5. The van der Waals surface area contributed by atoms with E-state index < -0.39 is 42.2 Å². The van der Waals surface area contributed by atoms with E-state index in [2.05, 4.69) is 4.98 Å². The van der Waals surface area contributed by atoms with Gasteiger partial charge in [-0.1, -0.05) is 24.3 Å². The van der Waals surface area contributed by atoms with Crippen molar-refractivity contribution in [2.75, 3.05) is 18.1 Å². The number of aromatic amines is 1. The Labute approximate surface area is 173 Å². The third kappa shape index (κ3) is 3.87. The van der Waals surface area contributed by atoms with Gasteiger partial charge in [0.1, 0.15) is 12.2 Å². The minimum atomic E-state index is -4.59. The topological polar surface area (TPSA) is 103 Å². The Morgan fingerprint density at radius 3 is 2.61 bits per heavy atom. The molecule has 4 rings (SSSR count). The van der Waals surface area contributed by atoms with Crippen LogP contribution in [-0.4, -0.2) is 46.6 Å². The lowest BCUT2D eigenvalue weighted by Crippen LogP contribution is -2.33. The van der Waals surface area contributed by atoms with Crippen LogP contribution in [-0.2, 0) is 10.9 Å². The number of alkyl halides is 3. The van der Waals surface area contributed by atoms with E-state index in [9.17, 15) is 27.9 Å². The van der Waals surface area contributed by atoms with Crippen molar-refractivity contribution in [3.8, 4) is 11.3 Å². The summed E-state index contributed by atoms with van der Waals surface area (Å²) in [6, 6.07) is 10.8. The summed E-state index contributed by atoms with van der Waals surface area (Å²) in [6.07, 6.45) is -7.50. The number of hydrogen-bond donors (Lipinski definition) is 3. The quantitative estimate of drug-likeness (QED) is 0.586. The summed E-state index contributed by atoms with van der Waals surface area (Å²) < 4.78 is 45.1. The minimum absolute atomic E-state index is 0.0184. The molecule has 2 aromatic carbocycles. The molecule has 162 valence electrons. The van der Waals surface area contributed by atoms with Crippen LogP contribution in [0.3, 0.4) is 0 Å². The summed E-state index contributed by atoms with van der Waals surface area (Å²) in [5, 5.41) is 19.3. The molecule has 1 fully saturated rings. The van der Waals surface area contributed by atoms with Crippen molar-refractivity contribution < 1.29 is 32.9 Å². The Bertz CT molecular complexity index is 1210. The first-order valence-corrected chi connectivity index (χ1v) is 9.30. The number of rotatable bonds is 4. The van der Waals surface area contributed by atoms with Crippen LogP contribution in [0.5, 0.6) is 0 Å². The molecule has 0 spiro atoms. The maximum Gasteiger partial charge on any atom is 0.417 e. The standard InChI is InChI=1S/C21H17F3N2O5/c22-21(23,24)15-4-2-1-3-13(15)16-7-11-5-6-12(8-14(11)19(29)25-16)26-9-18(17(28)10-27)31-20(26)30/h1-8,17-18,27-28H,9-10H2,(H,25,29)/t17-,18+/m1/s1.